The molecule has 2 aromatic carbocycles. The Kier molecular flexibility index (Phi) is 7.03. The number of ketones is 1. The highest BCUT2D eigenvalue weighted by atomic mass is 16.3. The Hall–Kier alpha value is -3.98. The van der Waals surface area contributed by atoms with Gasteiger partial charge in [0.15, 0.2) is 0 Å². The van der Waals surface area contributed by atoms with Gasteiger partial charge in [-0.25, -0.2) is 4.79 Å². The maximum atomic E-state index is 13.2. The monoisotopic (exact) mass is 530 g/mol. The Morgan fingerprint density at radius 1 is 1.15 bits per heavy atom. The van der Waals surface area contributed by atoms with Crippen molar-refractivity contribution in [2.45, 2.75) is 51.0 Å². The molecule has 2 fully saturated rings. The summed E-state index contributed by atoms with van der Waals surface area (Å²) in [6, 6.07) is 11.1. The Morgan fingerprint density at radius 2 is 1.90 bits per heavy atom. The van der Waals surface area contributed by atoms with Crippen molar-refractivity contribution < 1.29 is 14.7 Å². The molecule has 204 valence electrons. The molecule has 0 spiro atoms. The van der Waals surface area contributed by atoms with E-state index in [1.165, 1.54) is 6.20 Å². The fourth-order valence-corrected chi connectivity index (χ4v) is 6.68. The first-order valence-electron chi connectivity index (χ1n) is 13.4. The van der Waals surface area contributed by atoms with Gasteiger partial charge in [-0.15, -0.1) is 0 Å². The Balaban J connectivity index is 1.31. The summed E-state index contributed by atoms with van der Waals surface area (Å²) in [6.07, 6.45) is 3.67. The normalized spacial score (nSPS) is 23.0. The van der Waals surface area contributed by atoms with Crippen LogP contribution in [0, 0.1) is 12.8 Å². The number of nitrogens with one attached hydrogen (secondary N) is 3. The zero-order valence-electron chi connectivity index (χ0n) is 22.5. The fourth-order valence-electron chi connectivity index (χ4n) is 6.68. The van der Waals surface area contributed by atoms with Crippen LogP contribution in [0.1, 0.15) is 53.2 Å². The number of carbonyl (C=O) groups is 2. The van der Waals surface area contributed by atoms with Crippen LogP contribution in [-0.4, -0.2) is 57.8 Å². The minimum Gasteiger partial charge on any atom is -0.507 e. The molecule has 2 heterocycles. The Morgan fingerprint density at radius 3 is 2.62 bits per heavy atom. The van der Waals surface area contributed by atoms with E-state index in [4.69, 9.17) is 0 Å². The van der Waals surface area contributed by atoms with Crippen molar-refractivity contribution in [3.8, 4) is 16.9 Å². The van der Waals surface area contributed by atoms with Crippen LogP contribution < -0.4 is 16.6 Å². The summed E-state index contributed by atoms with van der Waals surface area (Å²) in [5.74, 6) is 0.0567. The smallest absolute Gasteiger partial charge is 0.325 e. The van der Waals surface area contributed by atoms with Gasteiger partial charge in [0.25, 0.3) is 11.5 Å². The molecular weight excluding hydrogens is 496 g/mol. The number of hydrogen-bond donors (Lipinski definition) is 4. The maximum absolute atomic E-state index is 13.2. The molecule has 1 saturated heterocycles. The molecule has 5 rings (SSSR count). The van der Waals surface area contributed by atoms with E-state index in [-0.39, 0.29) is 35.0 Å². The molecule has 0 radical (unpaired) electrons. The number of hydrogen-bond acceptors (Lipinski definition) is 6. The summed E-state index contributed by atoms with van der Waals surface area (Å²) in [6.45, 7) is 5.14. The van der Waals surface area contributed by atoms with Gasteiger partial charge in [0.2, 0.25) is 0 Å². The highest BCUT2D eigenvalue weighted by Crippen LogP contribution is 2.53. The van der Waals surface area contributed by atoms with Crippen molar-refractivity contribution >= 4 is 11.7 Å². The van der Waals surface area contributed by atoms with Crippen molar-refractivity contribution in [3.05, 3.63) is 85.7 Å². The minimum atomic E-state index is -0.556. The lowest BCUT2D eigenvalue weighted by Gasteiger charge is -2.41. The van der Waals surface area contributed by atoms with Gasteiger partial charge in [-0.3, -0.25) is 19.4 Å². The van der Waals surface area contributed by atoms with Crippen LogP contribution in [0.3, 0.4) is 0 Å². The second-order valence-corrected chi connectivity index (χ2v) is 11.0. The van der Waals surface area contributed by atoms with Gasteiger partial charge >= 0.3 is 5.69 Å². The first kappa shape index (κ1) is 26.6. The summed E-state index contributed by atoms with van der Waals surface area (Å²) in [4.78, 5) is 56.0. The average Bonchev–Trinajstić information content (AvgIpc) is 3.13. The molecular formula is C30H34N4O5. The van der Waals surface area contributed by atoms with Crippen LogP contribution in [0.2, 0.25) is 0 Å². The van der Waals surface area contributed by atoms with Gasteiger partial charge in [-0.05, 0) is 62.4 Å². The van der Waals surface area contributed by atoms with E-state index in [0.29, 0.717) is 43.5 Å². The van der Waals surface area contributed by atoms with Crippen LogP contribution in [0.25, 0.3) is 11.1 Å². The van der Waals surface area contributed by atoms with E-state index >= 15 is 0 Å². The van der Waals surface area contributed by atoms with Gasteiger partial charge in [0.05, 0.1) is 11.1 Å². The first-order chi connectivity index (χ1) is 18.6. The molecule has 4 N–H and O–H groups in total. The number of aromatic hydroxyl groups is 1. The average molecular weight is 531 g/mol. The molecule has 9 heteroatoms. The van der Waals surface area contributed by atoms with Gasteiger partial charge in [-0.2, -0.15) is 0 Å². The number of phenolic OH excluding ortho intramolecular Hbond substituents is 1. The zero-order chi connectivity index (χ0) is 27.9. The number of benzene rings is 2. The zero-order valence-corrected chi connectivity index (χ0v) is 22.5. The SMILES string of the molecule is Cc1ccc(C(=O)NCCc2ccc(-c3c[nH]c(=O)[nH]c3=O)cc2)c(O)c1C12CC(=O)CCC1[C@@H](C)N(C)C2. The lowest BCUT2D eigenvalue weighted by Crippen LogP contribution is -2.43. The molecule has 0 bridgehead atoms. The van der Waals surface area contributed by atoms with E-state index in [9.17, 15) is 24.3 Å². The number of fused-ring (bicyclic) bond motifs is 1. The van der Waals surface area contributed by atoms with Crippen LogP contribution in [-0.2, 0) is 16.6 Å². The van der Waals surface area contributed by atoms with Gasteiger partial charge < -0.3 is 20.3 Å². The number of H-pyrrole nitrogens is 2. The van der Waals surface area contributed by atoms with Crippen LogP contribution in [0.15, 0.2) is 52.2 Å². The molecule has 1 aliphatic heterocycles. The summed E-state index contributed by atoms with van der Waals surface area (Å²) in [5, 5.41) is 14.4. The van der Waals surface area contributed by atoms with Crippen molar-refractivity contribution in [2.75, 3.05) is 20.1 Å². The van der Waals surface area contributed by atoms with Crippen LogP contribution >= 0.6 is 0 Å². The largest absolute Gasteiger partial charge is 0.507 e. The van der Waals surface area contributed by atoms with E-state index in [0.717, 1.165) is 23.1 Å². The molecule has 1 aromatic heterocycles. The molecule has 1 amide bonds. The predicted molar refractivity (Wildman–Crippen MR) is 148 cm³/mol. The van der Waals surface area contributed by atoms with Crippen LogP contribution in [0.5, 0.6) is 5.75 Å². The van der Waals surface area contributed by atoms with Crippen molar-refractivity contribution in [1.82, 2.24) is 20.2 Å². The highest BCUT2D eigenvalue weighted by Gasteiger charge is 2.55. The number of likely N-dealkylation sites (tertiary alicyclic amines) is 1. The predicted octanol–water partition coefficient (Wildman–Crippen LogP) is 2.66. The highest BCUT2D eigenvalue weighted by molar-refractivity contribution is 5.97. The van der Waals surface area contributed by atoms with Gasteiger partial charge in [-0.1, -0.05) is 30.3 Å². The quantitative estimate of drug-likeness (QED) is 0.387. The van der Waals surface area contributed by atoms with Gasteiger partial charge in [0.1, 0.15) is 11.5 Å². The van der Waals surface area contributed by atoms with E-state index in [1.807, 2.05) is 25.1 Å². The number of Topliss-reactive ketones (excluding diaryl/α,β-unsaturated/α-hetero) is 1. The number of rotatable bonds is 6. The first-order valence-corrected chi connectivity index (χ1v) is 13.4. The Labute approximate surface area is 226 Å². The molecule has 9 nitrogen and oxygen atoms in total. The summed E-state index contributed by atoms with van der Waals surface area (Å²) in [5.41, 5.74) is 2.33. The van der Waals surface area contributed by atoms with Crippen molar-refractivity contribution in [3.63, 3.8) is 0 Å². The van der Waals surface area contributed by atoms with Gasteiger partial charge in [0, 0.05) is 49.1 Å². The molecule has 2 unspecified atom stereocenters. The summed E-state index contributed by atoms with van der Waals surface area (Å²) >= 11 is 0. The third-order valence-corrected chi connectivity index (χ3v) is 8.68. The topological polar surface area (TPSA) is 135 Å². The summed E-state index contributed by atoms with van der Waals surface area (Å²) < 4.78 is 0. The maximum Gasteiger partial charge on any atom is 0.325 e. The van der Waals surface area contributed by atoms with E-state index in [2.05, 4.69) is 34.2 Å². The number of aromatic amines is 2. The summed E-state index contributed by atoms with van der Waals surface area (Å²) in [7, 11) is 2.06. The number of aryl methyl sites for hydroxylation is 1. The van der Waals surface area contributed by atoms with Crippen molar-refractivity contribution in [1.29, 1.82) is 0 Å². The van der Waals surface area contributed by atoms with Crippen LogP contribution in [0.4, 0.5) is 0 Å². The molecule has 3 aromatic rings. The second-order valence-electron chi connectivity index (χ2n) is 11.0. The number of aromatic nitrogens is 2. The molecule has 3 atom stereocenters. The molecule has 1 aliphatic carbocycles. The third-order valence-electron chi connectivity index (χ3n) is 8.68. The number of carbonyl (C=O) groups excluding carboxylic acids is 2. The Bertz CT molecular complexity index is 1540. The van der Waals surface area contributed by atoms with E-state index in [1.54, 1.807) is 18.2 Å². The lowest BCUT2D eigenvalue weighted by atomic mass is 9.61. The minimum absolute atomic E-state index is 0.0230. The molecule has 2 aliphatic rings. The standard InChI is InChI=1S/C30H34N4O5/c1-17-4-10-22(26(36)25(17)30-14-21(35)9-11-24(30)18(2)34(3)16-30)27(37)31-13-12-19-5-7-20(8-6-19)23-15-32-29(39)33-28(23)38/h4-8,10,15,18,24,36H,9,11-14,16H2,1-3H3,(H,31,37)(H2,32,33,38,39)/t18-,24?,30?/m1/s1. The van der Waals surface area contributed by atoms with E-state index < -0.39 is 16.7 Å². The molecule has 39 heavy (non-hydrogen) atoms. The van der Waals surface area contributed by atoms with Crippen molar-refractivity contribution in [2.24, 2.45) is 5.92 Å². The number of nitrogens with zero attached hydrogens (tertiary/aromatic N) is 1. The number of amides is 1. The fraction of sp³-hybridized carbons (Fsp3) is 0.400. The molecule has 1 saturated carbocycles. The lowest BCUT2D eigenvalue weighted by molar-refractivity contribution is -0.123. The number of likely N-dealkylation sites (N-methyl/N-ethyl adjacent to an activating group) is 1. The number of phenols is 1. The third kappa shape index (κ3) is 4.83. The second kappa shape index (κ2) is 10.3.